The van der Waals surface area contributed by atoms with Gasteiger partial charge in [-0.3, -0.25) is 4.79 Å². The van der Waals surface area contributed by atoms with E-state index in [9.17, 15) is 4.79 Å². The number of rotatable bonds is 5. The lowest BCUT2D eigenvalue weighted by Gasteiger charge is -2.34. The normalized spacial score (nSPS) is 18.5. The van der Waals surface area contributed by atoms with E-state index >= 15 is 0 Å². The van der Waals surface area contributed by atoms with Crippen molar-refractivity contribution in [3.05, 3.63) is 22.4 Å². The molecule has 100 valence electrons. The van der Waals surface area contributed by atoms with E-state index in [1.807, 2.05) is 6.07 Å². The molecule has 0 radical (unpaired) electrons. The highest BCUT2D eigenvalue weighted by Crippen LogP contribution is 2.35. The number of carbonyl (C=O) groups excluding carboxylic acids is 1. The average Bonchev–Trinajstić information content (AvgIpc) is 2.92. The van der Waals surface area contributed by atoms with Crippen LogP contribution in [0, 0.1) is 5.41 Å². The minimum Gasteiger partial charge on any atom is -0.355 e. The quantitative estimate of drug-likeness (QED) is 0.859. The predicted octanol–water partition coefficient (Wildman–Crippen LogP) is 2.32. The van der Waals surface area contributed by atoms with Crippen LogP contribution in [0.2, 0.25) is 0 Å². The maximum Gasteiger partial charge on any atom is 0.227 e. The van der Waals surface area contributed by atoms with E-state index in [0.717, 1.165) is 38.6 Å². The molecule has 3 N–H and O–H groups in total. The molecule has 1 aromatic rings. The van der Waals surface area contributed by atoms with Crippen LogP contribution in [-0.2, 0) is 11.2 Å². The van der Waals surface area contributed by atoms with Crippen LogP contribution in [-0.4, -0.2) is 19.0 Å². The first-order valence-corrected chi connectivity index (χ1v) is 7.65. The SMILES string of the molecule is NCC1(C(=O)NCCc2cccs2)CCCCC1. The Hall–Kier alpha value is -0.870. The Morgan fingerprint density at radius 3 is 2.78 bits per heavy atom. The van der Waals surface area contributed by atoms with Gasteiger partial charge in [0.1, 0.15) is 0 Å². The van der Waals surface area contributed by atoms with Gasteiger partial charge < -0.3 is 11.1 Å². The van der Waals surface area contributed by atoms with Crippen LogP contribution in [0.1, 0.15) is 37.0 Å². The fourth-order valence-corrected chi connectivity index (χ4v) is 3.40. The van der Waals surface area contributed by atoms with Gasteiger partial charge in [-0.1, -0.05) is 25.3 Å². The molecule has 1 saturated carbocycles. The van der Waals surface area contributed by atoms with Crippen molar-refractivity contribution in [3.8, 4) is 0 Å². The first kappa shape index (κ1) is 13.6. The minimum absolute atomic E-state index is 0.168. The Balaban J connectivity index is 1.82. The standard InChI is InChI=1S/C14H22N2OS/c15-11-14(7-2-1-3-8-14)13(17)16-9-6-12-5-4-10-18-12/h4-5,10H,1-3,6-9,11,15H2,(H,16,17). The molecule has 0 aliphatic heterocycles. The van der Waals surface area contributed by atoms with Crippen molar-refractivity contribution in [2.45, 2.75) is 38.5 Å². The molecule has 2 rings (SSSR count). The third kappa shape index (κ3) is 3.12. The van der Waals surface area contributed by atoms with Gasteiger partial charge >= 0.3 is 0 Å². The molecular weight excluding hydrogens is 244 g/mol. The molecule has 0 unspecified atom stereocenters. The summed E-state index contributed by atoms with van der Waals surface area (Å²) in [6.07, 6.45) is 6.34. The van der Waals surface area contributed by atoms with E-state index in [2.05, 4.69) is 16.8 Å². The fourth-order valence-electron chi connectivity index (χ4n) is 2.69. The molecule has 18 heavy (non-hydrogen) atoms. The molecule has 0 aromatic carbocycles. The van der Waals surface area contributed by atoms with Gasteiger partial charge in [0.25, 0.3) is 0 Å². The fraction of sp³-hybridized carbons (Fsp3) is 0.643. The molecule has 1 aromatic heterocycles. The van der Waals surface area contributed by atoms with Gasteiger partial charge in [-0.15, -0.1) is 11.3 Å². The summed E-state index contributed by atoms with van der Waals surface area (Å²) >= 11 is 1.74. The summed E-state index contributed by atoms with van der Waals surface area (Å²) in [7, 11) is 0. The Bertz CT molecular complexity index is 369. The zero-order valence-electron chi connectivity index (χ0n) is 10.8. The maximum atomic E-state index is 12.3. The lowest BCUT2D eigenvalue weighted by molar-refractivity contribution is -0.132. The molecule has 3 nitrogen and oxygen atoms in total. The molecule has 0 atom stereocenters. The van der Waals surface area contributed by atoms with Gasteiger partial charge in [0.05, 0.1) is 5.41 Å². The highest BCUT2D eigenvalue weighted by atomic mass is 32.1. The van der Waals surface area contributed by atoms with Crippen molar-refractivity contribution >= 4 is 17.2 Å². The Kier molecular flexibility index (Phi) is 4.78. The summed E-state index contributed by atoms with van der Waals surface area (Å²) in [5.41, 5.74) is 5.56. The largest absolute Gasteiger partial charge is 0.355 e. The third-order valence-electron chi connectivity index (χ3n) is 3.92. The Labute approximate surface area is 113 Å². The number of nitrogens with one attached hydrogen (secondary N) is 1. The molecule has 4 heteroatoms. The van der Waals surface area contributed by atoms with E-state index in [0.29, 0.717) is 6.54 Å². The lowest BCUT2D eigenvalue weighted by atomic mass is 9.73. The van der Waals surface area contributed by atoms with Crippen molar-refractivity contribution in [1.82, 2.24) is 5.32 Å². The average molecular weight is 266 g/mol. The predicted molar refractivity (Wildman–Crippen MR) is 75.6 cm³/mol. The number of nitrogens with two attached hydrogens (primary N) is 1. The zero-order chi connectivity index (χ0) is 12.8. The molecule has 0 saturated heterocycles. The van der Waals surface area contributed by atoms with E-state index < -0.39 is 0 Å². The van der Waals surface area contributed by atoms with Gasteiger partial charge in [-0.05, 0) is 30.7 Å². The number of hydrogen-bond acceptors (Lipinski definition) is 3. The second-order valence-corrected chi connectivity index (χ2v) is 6.16. The van der Waals surface area contributed by atoms with Gasteiger partial charge in [-0.25, -0.2) is 0 Å². The summed E-state index contributed by atoms with van der Waals surface area (Å²) in [5.74, 6) is 0.168. The Morgan fingerprint density at radius 1 is 1.39 bits per heavy atom. The second-order valence-electron chi connectivity index (χ2n) is 5.13. The van der Waals surface area contributed by atoms with Crippen LogP contribution in [0.15, 0.2) is 17.5 Å². The van der Waals surface area contributed by atoms with Gasteiger partial charge in [-0.2, -0.15) is 0 Å². The van der Waals surface area contributed by atoms with Crippen molar-refractivity contribution in [1.29, 1.82) is 0 Å². The number of carbonyl (C=O) groups is 1. The first-order valence-electron chi connectivity index (χ1n) is 6.78. The third-order valence-corrected chi connectivity index (χ3v) is 4.86. The van der Waals surface area contributed by atoms with E-state index in [1.54, 1.807) is 11.3 Å². The van der Waals surface area contributed by atoms with Crippen molar-refractivity contribution in [2.75, 3.05) is 13.1 Å². The molecule has 1 aliphatic rings. The van der Waals surface area contributed by atoms with Gasteiger partial charge in [0, 0.05) is 18.0 Å². The zero-order valence-corrected chi connectivity index (χ0v) is 11.6. The smallest absolute Gasteiger partial charge is 0.227 e. The monoisotopic (exact) mass is 266 g/mol. The molecule has 0 spiro atoms. The molecule has 1 fully saturated rings. The molecule has 0 bridgehead atoms. The van der Waals surface area contributed by atoms with E-state index in [4.69, 9.17) is 5.73 Å². The van der Waals surface area contributed by atoms with Crippen molar-refractivity contribution in [2.24, 2.45) is 11.1 Å². The highest BCUT2D eigenvalue weighted by molar-refractivity contribution is 7.09. The second kappa shape index (κ2) is 6.34. The maximum absolute atomic E-state index is 12.3. The van der Waals surface area contributed by atoms with Crippen LogP contribution < -0.4 is 11.1 Å². The summed E-state index contributed by atoms with van der Waals surface area (Å²) in [6.45, 7) is 1.21. The minimum atomic E-state index is -0.284. The molecule has 1 amide bonds. The van der Waals surface area contributed by atoms with E-state index in [-0.39, 0.29) is 11.3 Å². The van der Waals surface area contributed by atoms with Crippen LogP contribution in [0.25, 0.3) is 0 Å². The first-order chi connectivity index (χ1) is 8.77. The summed E-state index contributed by atoms with van der Waals surface area (Å²) in [6, 6.07) is 4.15. The number of thiophene rings is 1. The summed E-state index contributed by atoms with van der Waals surface area (Å²) < 4.78 is 0. The highest BCUT2D eigenvalue weighted by Gasteiger charge is 2.37. The van der Waals surface area contributed by atoms with E-state index in [1.165, 1.54) is 11.3 Å². The van der Waals surface area contributed by atoms with Crippen molar-refractivity contribution in [3.63, 3.8) is 0 Å². The summed E-state index contributed by atoms with van der Waals surface area (Å²) in [5, 5.41) is 5.14. The van der Waals surface area contributed by atoms with Crippen LogP contribution in [0.3, 0.4) is 0 Å². The lowest BCUT2D eigenvalue weighted by Crippen LogP contribution is -2.47. The van der Waals surface area contributed by atoms with Crippen LogP contribution in [0.5, 0.6) is 0 Å². The van der Waals surface area contributed by atoms with Crippen molar-refractivity contribution < 1.29 is 4.79 Å². The topological polar surface area (TPSA) is 55.1 Å². The molecule has 1 aliphatic carbocycles. The van der Waals surface area contributed by atoms with Gasteiger partial charge in [0.15, 0.2) is 0 Å². The molecule has 1 heterocycles. The van der Waals surface area contributed by atoms with Gasteiger partial charge in [0.2, 0.25) is 5.91 Å². The van der Waals surface area contributed by atoms with Crippen LogP contribution in [0.4, 0.5) is 0 Å². The summed E-state index contributed by atoms with van der Waals surface area (Å²) in [4.78, 5) is 13.6. The molecular formula is C14H22N2OS. The number of amides is 1. The number of hydrogen-bond donors (Lipinski definition) is 2. The Morgan fingerprint density at radius 2 is 2.17 bits per heavy atom. The van der Waals surface area contributed by atoms with Crippen LogP contribution >= 0.6 is 11.3 Å².